The first-order valence-electron chi connectivity index (χ1n) is 8.85. The molecule has 1 heterocycles. The van der Waals surface area contributed by atoms with Crippen molar-refractivity contribution >= 4 is 25.7 Å². The maximum atomic E-state index is 12.8. The van der Waals surface area contributed by atoms with Crippen LogP contribution in [0.15, 0.2) is 58.3 Å². The van der Waals surface area contributed by atoms with Gasteiger partial charge in [0.1, 0.15) is 0 Å². The normalized spacial score (nSPS) is 18.4. The Kier molecular flexibility index (Phi) is 5.74. The van der Waals surface area contributed by atoms with E-state index in [4.69, 9.17) is 5.26 Å². The molecule has 0 radical (unpaired) electrons. The number of sulfonamides is 2. The Bertz CT molecular complexity index is 1100. The van der Waals surface area contributed by atoms with Crippen molar-refractivity contribution in [1.82, 2.24) is 4.31 Å². The van der Waals surface area contributed by atoms with E-state index in [0.717, 1.165) is 12.8 Å². The molecule has 1 N–H and O–H groups in total. The molecule has 2 aromatic rings. The van der Waals surface area contributed by atoms with Crippen molar-refractivity contribution in [3.05, 3.63) is 54.1 Å². The zero-order valence-electron chi connectivity index (χ0n) is 15.4. The van der Waals surface area contributed by atoms with E-state index >= 15 is 0 Å². The van der Waals surface area contributed by atoms with Crippen molar-refractivity contribution in [3.8, 4) is 6.07 Å². The maximum Gasteiger partial charge on any atom is 0.261 e. The van der Waals surface area contributed by atoms with Gasteiger partial charge in [-0.3, -0.25) is 4.72 Å². The molecule has 9 heteroatoms. The van der Waals surface area contributed by atoms with E-state index in [-0.39, 0.29) is 21.0 Å². The number of anilines is 1. The van der Waals surface area contributed by atoms with Crippen LogP contribution in [0, 0.1) is 17.2 Å². The van der Waals surface area contributed by atoms with Gasteiger partial charge in [0.2, 0.25) is 10.0 Å². The second-order valence-corrected chi connectivity index (χ2v) is 10.5. The Balaban J connectivity index is 1.80. The summed E-state index contributed by atoms with van der Waals surface area (Å²) < 4.78 is 54.4. The van der Waals surface area contributed by atoms with E-state index in [1.54, 1.807) is 0 Å². The van der Waals surface area contributed by atoms with Crippen LogP contribution in [0.3, 0.4) is 0 Å². The summed E-state index contributed by atoms with van der Waals surface area (Å²) in [5, 5.41) is 8.92. The highest BCUT2D eigenvalue weighted by Gasteiger charge is 2.28. The Morgan fingerprint density at radius 2 is 1.79 bits per heavy atom. The lowest BCUT2D eigenvalue weighted by Crippen LogP contribution is -2.39. The molecule has 3 rings (SSSR count). The first kappa shape index (κ1) is 20.3. The average molecular weight is 420 g/mol. The third-order valence-electron chi connectivity index (χ3n) is 4.64. The largest absolute Gasteiger partial charge is 0.280 e. The standard InChI is InChI=1S/C19H21N3O4S2/c1-15-4-3-11-22(14-15)28(25,26)18-9-7-17(8-10-18)21-27(23,24)19-6-2-5-16(12-19)13-20/h2,5-10,12,15,21H,3-4,11,14H2,1H3/t15-/m1/s1. The number of nitrogens with zero attached hydrogens (tertiary/aromatic N) is 2. The fraction of sp³-hybridized carbons (Fsp3) is 0.316. The van der Waals surface area contributed by atoms with Gasteiger partial charge in [0.05, 0.1) is 21.4 Å². The highest BCUT2D eigenvalue weighted by Crippen LogP contribution is 2.25. The third kappa shape index (κ3) is 4.35. The molecule has 2 aromatic carbocycles. The summed E-state index contributed by atoms with van der Waals surface area (Å²) in [6, 6.07) is 13.2. The average Bonchev–Trinajstić information content (AvgIpc) is 2.68. The Morgan fingerprint density at radius 1 is 1.07 bits per heavy atom. The van der Waals surface area contributed by atoms with Crippen molar-refractivity contribution < 1.29 is 16.8 Å². The first-order valence-corrected chi connectivity index (χ1v) is 11.8. The molecule has 1 aliphatic rings. The van der Waals surface area contributed by atoms with Crippen molar-refractivity contribution in [1.29, 1.82) is 5.26 Å². The lowest BCUT2D eigenvalue weighted by Gasteiger charge is -2.30. The van der Waals surface area contributed by atoms with Crippen molar-refractivity contribution in [2.45, 2.75) is 29.6 Å². The molecule has 1 atom stereocenters. The molecule has 7 nitrogen and oxygen atoms in total. The molecule has 0 amide bonds. The maximum absolute atomic E-state index is 12.8. The second-order valence-electron chi connectivity index (χ2n) is 6.88. The Hall–Kier alpha value is -2.41. The molecule has 0 aromatic heterocycles. The zero-order chi connectivity index (χ0) is 20.4. The zero-order valence-corrected chi connectivity index (χ0v) is 17.0. The van der Waals surface area contributed by atoms with E-state index in [1.165, 1.54) is 52.8 Å². The minimum atomic E-state index is -3.88. The molecule has 0 unspecified atom stereocenters. The molecule has 0 bridgehead atoms. The molecule has 0 aliphatic carbocycles. The van der Waals surface area contributed by atoms with Crippen LogP contribution in [0.5, 0.6) is 0 Å². The van der Waals surface area contributed by atoms with Crippen LogP contribution in [-0.2, 0) is 20.0 Å². The van der Waals surface area contributed by atoms with E-state index in [1.807, 2.05) is 13.0 Å². The van der Waals surface area contributed by atoms with Crippen LogP contribution in [-0.4, -0.2) is 34.2 Å². The number of rotatable bonds is 5. The van der Waals surface area contributed by atoms with Crippen molar-refractivity contribution in [2.75, 3.05) is 17.8 Å². The second kappa shape index (κ2) is 7.91. The molecule has 28 heavy (non-hydrogen) atoms. The molecular formula is C19H21N3O4S2. The third-order valence-corrected chi connectivity index (χ3v) is 7.90. The summed E-state index contributed by atoms with van der Waals surface area (Å²) >= 11 is 0. The highest BCUT2D eigenvalue weighted by atomic mass is 32.2. The van der Waals surface area contributed by atoms with Crippen molar-refractivity contribution in [3.63, 3.8) is 0 Å². The van der Waals surface area contributed by atoms with Crippen LogP contribution in [0.2, 0.25) is 0 Å². The fourth-order valence-corrected chi connectivity index (χ4v) is 5.86. The fourth-order valence-electron chi connectivity index (χ4n) is 3.16. The molecule has 0 saturated carbocycles. The topological polar surface area (TPSA) is 107 Å². The number of nitrogens with one attached hydrogen (secondary N) is 1. The molecule has 148 valence electrons. The highest BCUT2D eigenvalue weighted by molar-refractivity contribution is 7.92. The minimum Gasteiger partial charge on any atom is -0.280 e. The smallest absolute Gasteiger partial charge is 0.261 e. The molecule has 1 aliphatic heterocycles. The monoisotopic (exact) mass is 419 g/mol. The van der Waals surface area contributed by atoms with Crippen LogP contribution in [0.1, 0.15) is 25.3 Å². The van der Waals surface area contributed by atoms with Gasteiger partial charge in [-0.25, -0.2) is 16.8 Å². The van der Waals surface area contributed by atoms with Crippen molar-refractivity contribution in [2.24, 2.45) is 5.92 Å². The SMILES string of the molecule is C[C@@H]1CCCN(S(=O)(=O)c2ccc(NS(=O)(=O)c3cccc(C#N)c3)cc2)C1. The van der Waals surface area contributed by atoms with Gasteiger partial charge in [-0.15, -0.1) is 0 Å². The first-order chi connectivity index (χ1) is 13.2. The van der Waals surface area contributed by atoms with Crippen LogP contribution in [0.4, 0.5) is 5.69 Å². The summed E-state index contributed by atoms with van der Waals surface area (Å²) in [7, 11) is -7.48. The lowest BCUT2D eigenvalue weighted by atomic mass is 10.0. The number of piperidine rings is 1. The molecule has 1 saturated heterocycles. The van der Waals surface area contributed by atoms with Gasteiger partial charge in [0, 0.05) is 18.8 Å². The number of hydrogen-bond acceptors (Lipinski definition) is 5. The van der Waals surface area contributed by atoms with E-state index in [9.17, 15) is 16.8 Å². The summed E-state index contributed by atoms with van der Waals surface area (Å²) in [5.41, 5.74) is 0.480. The van der Waals surface area contributed by atoms with Gasteiger partial charge >= 0.3 is 0 Å². The predicted molar refractivity (Wildman–Crippen MR) is 106 cm³/mol. The molecule has 1 fully saturated rings. The Labute approximate surface area is 165 Å². The number of benzene rings is 2. The van der Waals surface area contributed by atoms with Gasteiger partial charge in [-0.2, -0.15) is 9.57 Å². The number of nitriles is 1. The molecule has 0 spiro atoms. The van der Waals surface area contributed by atoms with Crippen LogP contribution < -0.4 is 4.72 Å². The molecular weight excluding hydrogens is 398 g/mol. The lowest BCUT2D eigenvalue weighted by molar-refractivity contribution is 0.281. The summed E-state index contributed by atoms with van der Waals surface area (Å²) in [5.74, 6) is 0.318. The minimum absolute atomic E-state index is 0.0365. The number of hydrogen-bond donors (Lipinski definition) is 1. The van der Waals surface area contributed by atoms with Gasteiger partial charge in [0.25, 0.3) is 10.0 Å². The van der Waals surface area contributed by atoms with Crippen LogP contribution in [0.25, 0.3) is 0 Å². The van der Waals surface area contributed by atoms with Gasteiger partial charge in [0.15, 0.2) is 0 Å². The van der Waals surface area contributed by atoms with Gasteiger partial charge in [-0.1, -0.05) is 13.0 Å². The van der Waals surface area contributed by atoms with E-state index in [2.05, 4.69) is 4.72 Å². The quantitative estimate of drug-likeness (QED) is 0.802. The Morgan fingerprint density at radius 3 is 2.43 bits per heavy atom. The van der Waals surface area contributed by atoms with Crippen LogP contribution >= 0.6 is 0 Å². The van der Waals surface area contributed by atoms with Gasteiger partial charge in [-0.05, 0) is 61.2 Å². The van der Waals surface area contributed by atoms with E-state index in [0.29, 0.717) is 19.0 Å². The van der Waals surface area contributed by atoms with E-state index < -0.39 is 20.0 Å². The predicted octanol–water partition coefficient (Wildman–Crippen LogP) is 2.78. The summed E-state index contributed by atoms with van der Waals surface area (Å²) in [6.45, 7) is 3.02. The summed E-state index contributed by atoms with van der Waals surface area (Å²) in [6.07, 6.45) is 1.85. The van der Waals surface area contributed by atoms with Gasteiger partial charge < -0.3 is 0 Å². The summed E-state index contributed by atoms with van der Waals surface area (Å²) in [4.78, 5) is 0.0987.